The molecule has 1 amide bonds. The molecule has 1 aliphatic rings. The van der Waals surface area contributed by atoms with Crippen molar-refractivity contribution >= 4 is 33.0 Å². The fourth-order valence-electron chi connectivity index (χ4n) is 1.93. The van der Waals surface area contributed by atoms with Gasteiger partial charge in [-0.2, -0.15) is 0 Å². The number of carbonyl (C=O) groups is 1. The van der Waals surface area contributed by atoms with Gasteiger partial charge in [0.25, 0.3) is 5.91 Å². The predicted octanol–water partition coefficient (Wildman–Crippen LogP) is 2.68. The number of amides is 1. The number of benzene rings is 1. The highest BCUT2D eigenvalue weighted by Crippen LogP contribution is 2.35. The van der Waals surface area contributed by atoms with E-state index in [1.807, 2.05) is 25.1 Å². The van der Waals surface area contributed by atoms with Gasteiger partial charge < -0.3 is 11.1 Å². The summed E-state index contributed by atoms with van der Waals surface area (Å²) in [5.41, 5.74) is 7.84. The molecule has 1 aliphatic carbocycles. The highest BCUT2D eigenvalue weighted by atomic mass is 32.1. The highest BCUT2D eigenvalue weighted by Gasteiger charge is 2.26. The first-order chi connectivity index (χ1) is 8.16. The molecular weight excluding hydrogens is 232 g/mol. The number of carbonyl (C=O) groups excluding carboxylic acids is 1. The van der Waals surface area contributed by atoms with E-state index in [0.717, 1.165) is 22.9 Å². The number of nitrogen functional groups attached to an aromatic ring is 1. The molecule has 2 aromatic rings. The standard InChI is InChI=1S/C13H14N2OS/c1-7-3-2-4-9-10(14)12(17-11(7)9)13(16)15-8-5-6-8/h2-4,8H,5-6,14H2,1H3,(H,15,16). The maximum absolute atomic E-state index is 12.0. The van der Waals surface area contributed by atoms with Crippen LogP contribution in [-0.2, 0) is 0 Å². The molecule has 0 spiro atoms. The Bertz CT molecular complexity index is 599. The molecule has 1 aromatic heterocycles. The Balaban J connectivity index is 2.07. The molecular formula is C13H14N2OS. The third-order valence-corrected chi connectivity index (χ3v) is 4.43. The molecule has 0 saturated heterocycles. The molecule has 0 unspecified atom stereocenters. The molecule has 0 atom stereocenters. The van der Waals surface area contributed by atoms with Crippen molar-refractivity contribution in [2.45, 2.75) is 25.8 Å². The quantitative estimate of drug-likeness (QED) is 0.856. The third-order valence-electron chi connectivity index (χ3n) is 3.07. The number of fused-ring (bicyclic) bond motifs is 1. The van der Waals surface area contributed by atoms with Crippen LogP contribution < -0.4 is 11.1 Å². The van der Waals surface area contributed by atoms with E-state index in [9.17, 15) is 4.79 Å². The zero-order valence-electron chi connectivity index (χ0n) is 9.62. The highest BCUT2D eigenvalue weighted by molar-refractivity contribution is 7.21. The number of thiophene rings is 1. The molecule has 3 N–H and O–H groups in total. The molecule has 4 heteroatoms. The summed E-state index contributed by atoms with van der Waals surface area (Å²) >= 11 is 1.49. The second kappa shape index (κ2) is 3.74. The summed E-state index contributed by atoms with van der Waals surface area (Å²) in [5.74, 6) is -0.0226. The Morgan fingerprint density at radius 2 is 2.24 bits per heavy atom. The Morgan fingerprint density at radius 3 is 2.88 bits per heavy atom. The van der Waals surface area contributed by atoms with Gasteiger partial charge in [0, 0.05) is 16.1 Å². The Kier molecular flexibility index (Phi) is 2.33. The van der Waals surface area contributed by atoms with Crippen LogP contribution >= 0.6 is 11.3 Å². The summed E-state index contributed by atoms with van der Waals surface area (Å²) < 4.78 is 1.12. The van der Waals surface area contributed by atoms with E-state index >= 15 is 0 Å². The van der Waals surface area contributed by atoms with E-state index < -0.39 is 0 Å². The third kappa shape index (κ3) is 1.78. The summed E-state index contributed by atoms with van der Waals surface area (Å²) in [5, 5.41) is 3.98. The van der Waals surface area contributed by atoms with Gasteiger partial charge in [-0.25, -0.2) is 0 Å². The molecule has 0 radical (unpaired) electrons. The van der Waals surface area contributed by atoms with Crippen LogP contribution in [0.25, 0.3) is 10.1 Å². The number of nitrogens with one attached hydrogen (secondary N) is 1. The van der Waals surface area contributed by atoms with Gasteiger partial charge in [0.05, 0.1) is 5.69 Å². The topological polar surface area (TPSA) is 55.1 Å². The van der Waals surface area contributed by atoms with Crippen molar-refractivity contribution in [3.8, 4) is 0 Å². The van der Waals surface area contributed by atoms with Crippen LogP contribution in [0, 0.1) is 6.92 Å². The van der Waals surface area contributed by atoms with Crippen molar-refractivity contribution in [1.29, 1.82) is 0 Å². The average Bonchev–Trinajstić information content (AvgIpc) is 3.04. The van der Waals surface area contributed by atoms with Gasteiger partial charge in [0.15, 0.2) is 0 Å². The van der Waals surface area contributed by atoms with E-state index in [1.54, 1.807) is 0 Å². The van der Waals surface area contributed by atoms with Crippen LogP contribution in [0.4, 0.5) is 5.69 Å². The minimum absolute atomic E-state index is 0.0226. The number of anilines is 1. The van der Waals surface area contributed by atoms with Crippen molar-refractivity contribution < 1.29 is 4.79 Å². The SMILES string of the molecule is Cc1cccc2c(N)c(C(=O)NC3CC3)sc12. The van der Waals surface area contributed by atoms with Crippen LogP contribution in [0.2, 0.25) is 0 Å². The number of aryl methyl sites for hydroxylation is 1. The zero-order valence-corrected chi connectivity index (χ0v) is 10.4. The lowest BCUT2D eigenvalue weighted by atomic mass is 10.1. The number of hydrogen-bond acceptors (Lipinski definition) is 3. The molecule has 1 fully saturated rings. The maximum Gasteiger partial charge on any atom is 0.263 e. The molecule has 17 heavy (non-hydrogen) atoms. The van der Waals surface area contributed by atoms with Gasteiger partial charge in [-0.3, -0.25) is 4.79 Å². The van der Waals surface area contributed by atoms with E-state index in [1.165, 1.54) is 16.9 Å². The Hall–Kier alpha value is -1.55. The van der Waals surface area contributed by atoms with Crippen molar-refractivity contribution in [3.05, 3.63) is 28.6 Å². The summed E-state index contributed by atoms with van der Waals surface area (Å²) in [6, 6.07) is 6.36. The first-order valence-electron chi connectivity index (χ1n) is 5.75. The number of rotatable bonds is 2. The molecule has 88 valence electrons. The van der Waals surface area contributed by atoms with Crippen LogP contribution in [0.15, 0.2) is 18.2 Å². The molecule has 1 aromatic carbocycles. The van der Waals surface area contributed by atoms with E-state index in [0.29, 0.717) is 16.6 Å². The number of nitrogens with two attached hydrogens (primary N) is 1. The largest absolute Gasteiger partial charge is 0.397 e. The van der Waals surface area contributed by atoms with Gasteiger partial charge in [-0.05, 0) is 25.3 Å². The Morgan fingerprint density at radius 1 is 1.47 bits per heavy atom. The summed E-state index contributed by atoms with van der Waals surface area (Å²) in [6.07, 6.45) is 2.19. The van der Waals surface area contributed by atoms with Gasteiger partial charge in [0.2, 0.25) is 0 Å². The van der Waals surface area contributed by atoms with Crippen molar-refractivity contribution in [1.82, 2.24) is 5.32 Å². The van der Waals surface area contributed by atoms with E-state index in [-0.39, 0.29) is 5.91 Å². The summed E-state index contributed by atoms with van der Waals surface area (Å²) in [7, 11) is 0. The van der Waals surface area contributed by atoms with Crippen molar-refractivity contribution in [3.63, 3.8) is 0 Å². The van der Waals surface area contributed by atoms with Crippen molar-refractivity contribution in [2.24, 2.45) is 0 Å². The first kappa shape index (κ1) is 10.6. The maximum atomic E-state index is 12.0. The minimum atomic E-state index is -0.0226. The first-order valence-corrected chi connectivity index (χ1v) is 6.57. The van der Waals surface area contributed by atoms with Crippen LogP contribution in [-0.4, -0.2) is 11.9 Å². The average molecular weight is 246 g/mol. The molecule has 1 saturated carbocycles. The lowest BCUT2D eigenvalue weighted by Gasteiger charge is -2.00. The molecule has 0 aliphatic heterocycles. The molecule has 3 rings (SSSR count). The van der Waals surface area contributed by atoms with Gasteiger partial charge in [-0.1, -0.05) is 18.2 Å². The minimum Gasteiger partial charge on any atom is -0.397 e. The fraction of sp³-hybridized carbons (Fsp3) is 0.308. The van der Waals surface area contributed by atoms with Gasteiger partial charge >= 0.3 is 0 Å². The summed E-state index contributed by atoms with van der Waals surface area (Å²) in [4.78, 5) is 12.7. The van der Waals surface area contributed by atoms with E-state index in [4.69, 9.17) is 5.73 Å². The smallest absolute Gasteiger partial charge is 0.263 e. The Labute approximate surface area is 104 Å². The fourth-order valence-corrected chi connectivity index (χ4v) is 3.02. The lowest BCUT2D eigenvalue weighted by Crippen LogP contribution is -2.25. The lowest BCUT2D eigenvalue weighted by molar-refractivity contribution is 0.0956. The van der Waals surface area contributed by atoms with Crippen LogP contribution in [0.5, 0.6) is 0 Å². The monoisotopic (exact) mass is 246 g/mol. The second-order valence-corrected chi connectivity index (χ2v) is 5.56. The van der Waals surface area contributed by atoms with Gasteiger partial charge in [0.1, 0.15) is 4.88 Å². The predicted molar refractivity (Wildman–Crippen MR) is 71.5 cm³/mol. The van der Waals surface area contributed by atoms with Crippen LogP contribution in [0.3, 0.4) is 0 Å². The summed E-state index contributed by atoms with van der Waals surface area (Å²) in [6.45, 7) is 2.04. The molecule has 1 heterocycles. The van der Waals surface area contributed by atoms with Crippen LogP contribution in [0.1, 0.15) is 28.1 Å². The van der Waals surface area contributed by atoms with E-state index in [2.05, 4.69) is 5.32 Å². The zero-order chi connectivity index (χ0) is 12.0. The normalized spacial score (nSPS) is 15.1. The number of hydrogen-bond donors (Lipinski definition) is 2. The van der Waals surface area contributed by atoms with Gasteiger partial charge in [-0.15, -0.1) is 11.3 Å². The molecule has 0 bridgehead atoms. The molecule has 3 nitrogen and oxygen atoms in total. The second-order valence-electron chi connectivity index (χ2n) is 4.54. The van der Waals surface area contributed by atoms with Crippen molar-refractivity contribution in [2.75, 3.05) is 5.73 Å².